The fourth-order valence-electron chi connectivity index (χ4n) is 2.11. The first kappa shape index (κ1) is 10.9. The molecular formula is C11H19N3S. The Labute approximate surface area is 95.3 Å². The molecule has 0 bridgehead atoms. The van der Waals surface area contributed by atoms with Gasteiger partial charge in [-0.25, -0.2) is 4.98 Å². The summed E-state index contributed by atoms with van der Waals surface area (Å²) in [5.41, 5.74) is 6.79. The molecule has 1 aliphatic heterocycles. The van der Waals surface area contributed by atoms with Crippen molar-refractivity contribution in [3.63, 3.8) is 0 Å². The van der Waals surface area contributed by atoms with Crippen molar-refractivity contribution in [3.8, 4) is 0 Å². The van der Waals surface area contributed by atoms with Gasteiger partial charge in [0, 0.05) is 24.0 Å². The third kappa shape index (κ3) is 2.16. The topological polar surface area (TPSA) is 42.2 Å². The lowest BCUT2D eigenvalue weighted by Crippen LogP contribution is -2.37. The summed E-state index contributed by atoms with van der Waals surface area (Å²) in [4.78, 5) is 8.28. The lowest BCUT2D eigenvalue weighted by Gasteiger charge is -2.33. The van der Waals surface area contributed by atoms with Crippen LogP contribution in [0.3, 0.4) is 0 Å². The summed E-state index contributed by atoms with van der Waals surface area (Å²) in [7, 11) is 0. The van der Waals surface area contributed by atoms with Crippen LogP contribution in [0.25, 0.3) is 0 Å². The first-order valence-electron chi connectivity index (χ1n) is 5.65. The van der Waals surface area contributed by atoms with Crippen LogP contribution >= 0.6 is 11.3 Å². The van der Waals surface area contributed by atoms with Crippen LogP contribution in [0.5, 0.6) is 0 Å². The fourth-order valence-corrected chi connectivity index (χ4v) is 3.18. The fraction of sp³-hybridized carbons (Fsp3) is 0.727. The molecule has 0 spiro atoms. The molecule has 2 rings (SSSR count). The van der Waals surface area contributed by atoms with Crippen LogP contribution in [0, 0.1) is 6.92 Å². The highest BCUT2D eigenvalue weighted by molar-refractivity contribution is 7.15. The zero-order valence-corrected chi connectivity index (χ0v) is 10.3. The Morgan fingerprint density at radius 1 is 1.53 bits per heavy atom. The average molecular weight is 225 g/mol. The normalized spacial score (nSPS) is 22.1. The molecule has 4 heteroatoms. The van der Waals surface area contributed by atoms with Gasteiger partial charge in [0.25, 0.3) is 0 Å². The number of anilines is 1. The van der Waals surface area contributed by atoms with Crippen LogP contribution in [0.2, 0.25) is 0 Å². The molecular weight excluding hydrogens is 206 g/mol. The number of thiazole rings is 1. The second kappa shape index (κ2) is 4.49. The van der Waals surface area contributed by atoms with Gasteiger partial charge >= 0.3 is 0 Å². The van der Waals surface area contributed by atoms with E-state index in [2.05, 4.69) is 23.7 Å². The van der Waals surface area contributed by atoms with E-state index < -0.39 is 0 Å². The van der Waals surface area contributed by atoms with Gasteiger partial charge in [0.15, 0.2) is 5.13 Å². The van der Waals surface area contributed by atoms with Crippen LogP contribution in [0.1, 0.15) is 36.8 Å². The summed E-state index contributed by atoms with van der Waals surface area (Å²) in [6.07, 6.45) is 3.93. The molecule has 1 unspecified atom stereocenters. The van der Waals surface area contributed by atoms with E-state index in [0.29, 0.717) is 12.6 Å². The molecule has 1 aliphatic rings. The molecule has 15 heavy (non-hydrogen) atoms. The summed E-state index contributed by atoms with van der Waals surface area (Å²) in [5.74, 6) is 0. The minimum atomic E-state index is 0.617. The van der Waals surface area contributed by atoms with Crippen LogP contribution in [0.15, 0.2) is 0 Å². The molecule has 1 fully saturated rings. The zero-order valence-electron chi connectivity index (χ0n) is 9.49. The van der Waals surface area contributed by atoms with Gasteiger partial charge in [-0.05, 0) is 33.1 Å². The smallest absolute Gasteiger partial charge is 0.186 e. The minimum absolute atomic E-state index is 0.617. The van der Waals surface area contributed by atoms with Gasteiger partial charge in [0.2, 0.25) is 0 Å². The van der Waals surface area contributed by atoms with Crippen molar-refractivity contribution in [1.29, 1.82) is 0 Å². The zero-order chi connectivity index (χ0) is 10.8. The van der Waals surface area contributed by atoms with E-state index in [1.165, 1.54) is 29.3 Å². The van der Waals surface area contributed by atoms with E-state index in [-0.39, 0.29) is 0 Å². The second-order valence-corrected chi connectivity index (χ2v) is 5.31. The summed E-state index contributed by atoms with van der Waals surface area (Å²) >= 11 is 1.76. The Morgan fingerprint density at radius 2 is 2.33 bits per heavy atom. The lowest BCUT2D eigenvalue weighted by atomic mass is 10.1. The first-order chi connectivity index (χ1) is 7.22. The van der Waals surface area contributed by atoms with E-state index in [9.17, 15) is 0 Å². The highest BCUT2D eigenvalue weighted by Crippen LogP contribution is 2.30. The molecule has 2 N–H and O–H groups in total. The Morgan fingerprint density at radius 3 is 2.93 bits per heavy atom. The van der Waals surface area contributed by atoms with Crippen molar-refractivity contribution >= 4 is 16.5 Å². The van der Waals surface area contributed by atoms with Gasteiger partial charge in [0.1, 0.15) is 0 Å². The Kier molecular flexibility index (Phi) is 3.26. The van der Waals surface area contributed by atoms with E-state index >= 15 is 0 Å². The van der Waals surface area contributed by atoms with Crippen molar-refractivity contribution in [2.24, 2.45) is 5.73 Å². The standard InChI is InChI=1S/C11H19N3S/c1-8-5-3-4-6-14(8)11-13-9(2)10(7-12)15-11/h8H,3-7,12H2,1-2H3. The number of nitrogens with zero attached hydrogens (tertiary/aromatic N) is 2. The van der Waals surface area contributed by atoms with Crippen molar-refractivity contribution in [1.82, 2.24) is 4.98 Å². The van der Waals surface area contributed by atoms with Crippen molar-refractivity contribution in [2.75, 3.05) is 11.4 Å². The number of hydrogen-bond donors (Lipinski definition) is 1. The van der Waals surface area contributed by atoms with E-state index in [0.717, 1.165) is 12.2 Å². The summed E-state index contributed by atoms with van der Waals surface area (Å²) in [5, 5.41) is 1.17. The maximum Gasteiger partial charge on any atom is 0.186 e. The van der Waals surface area contributed by atoms with Crippen LogP contribution in [0.4, 0.5) is 5.13 Å². The number of aromatic nitrogens is 1. The molecule has 2 heterocycles. The SMILES string of the molecule is Cc1nc(N2CCCCC2C)sc1CN. The summed E-state index contributed by atoms with van der Waals surface area (Å²) < 4.78 is 0. The average Bonchev–Trinajstić information content (AvgIpc) is 2.60. The molecule has 0 aliphatic carbocycles. The molecule has 3 nitrogen and oxygen atoms in total. The Bertz CT molecular complexity index is 335. The maximum atomic E-state index is 5.68. The Hall–Kier alpha value is -0.610. The van der Waals surface area contributed by atoms with E-state index in [1.807, 2.05) is 0 Å². The van der Waals surface area contributed by atoms with Gasteiger partial charge in [-0.15, -0.1) is 11.3 Å². The molecule has 1 aromatic heterocycles. The second-order valence-electron chi connectivity index (χ2n) is 4.25. The molecule has 84 valence electrons. The van der Waals surface area contributed by atoms with Gasteiger partial charge < -0.3 is 10.6 Å². The number of piperidine rings is 1. The minimum Gasteiger partial charge on any atom is -0.345 e. The number of hydrogen-bond acceptors (Lipinski definition) is 4. The largest absolute Gasteiger partial charge is 0.345 e. The highest BCUT2D eigenvalue weighted by Gasteiger charge is 2.21. The predicted molar refractivity (Wildman–Crippen MR) is 65.4 cm³/mol. The van der Waals surface area contributed by atoms with E-state index in [1.54, 1.807) is 11.3 Å². The van der Waals surface area contributed by atoms with Gasteiger partial charge in [-0.1, -0.05) is 0 Å². The first-order valence-corrected chi connectivity index (χ1v) is 6.47. The third-order valence-electron chi connectivity index (χ3n) is 3.12. The van der Waals surface area contributed by atoms with Crippen LogP contribution in [-0.2, 0) is 6.54 Å². The maximum absolute atomic E-state index is 5.68. The highest BCUT2D eigenvalue weighted by atomic mass is 32.1. The van der Waals surface area contributed by atoms with Gasteiger partial charge in [-0.3, -0.25) is 0 Å². The molecule has 0 radical (unpaired) electrons. The van der Waals surface area contributed by atoms with Crippen LogP contribution < -0.4 is 10.6 Å². The third-order valence-corrected chi connectivity index (χ3v) is 4.33. The summed E-state index contributed by atoms with van der Waals surface area (Å²) in [6.45, 7) is 6.11. The molecule has 1 atom stereocenters. The van der Waals surface area contributed by atoms with Crippen molar-refractivity contribution < 1.29 is 0 Å². The number of nitrogens with two attached hydrogens (primary N) is 1. The van der Waals surface area contributed by atoms with Gasteiger partial charge in [-0.2, -0.15) is 0 Å². The van der Waals surface area contributed by atoms with Gasteiger partial charge in [0.05, 0.1) is 5.69 Å². The van der Waals surface area contributed by atoms with Crippen molar-refractivity contribution in [3.05, 3.63) is 10.6 Å². The summed E-state index contributed by atoms with van der Waals surface area (Å²) in [6, 6.07) is 0.634. The molecule has 1 saturated heterocycles. The molecule has 1 aromatic rings. The van der Waals surface area contributed by atoms with Crippen molar-refractivity contribution in [2.45, 2.75) is 45.7 Å². The Balaban J connectivity index is 2.20. The molecule has 0 saturated carbocycles. The van der Waals surface area contributed by atoms with Crippen LogP contribution in [-0.4, -0.2) is 17.6 Å². The quantitative estimate of drug-likeness (QED) is 0.839. The lowest BCUT2D eigenvalue weighted by molar-refractivity contribution is 0.484. The van der Waals surface area contributed by atoms with E-state index in [4.69, 9.17) is 5.73 Å². The number of aryl methyl sites for hydroxylation is 1. The monoisotopic (exact) mass is 225 g/mol. The predicted octanol–water partition coefficient (Wildman–Crippen LogP) is 2.29. The molecule has 0 aromatic carbocycles. The number of rotatable bonds is 2. The molecule has 0 amide bonds.